The van der Waals surface area contributed by atoms with Crippen molar-refractivity contribution >= 4 is 17.8 Å². The Bertz CT molecular complexity index is 1300. The molecule has 0 bridgehead atoms. The second-order valence-electron chi connectivity index (χ2n) is 7.42. The molecule has 6 nitrogen and oxygen atoms in total. The predicted octanol–water partition coefficient (Wildman–Crippen LogP) is 5.53. The van der Waals surface area contributed by atoms with E-state index in [9.17, 15) is 10.1 Å². The van der Waals surface area contributed by atoms with E-state index in [0.717, 1.165) is 22.4 Å². The van der Waals surface area contributed by atoms with E-state index in [1.54, 1.807) is 31.4 Å². The third kappa shape index (κ3) is 5.11. The van der Waals surface area contributed by atoms with Gasteiger partial charge in [-0.1, -0.05) is 24.3 Å². The fourth-order valence-electron chi connectivity index (χ4n) is 3.48. The smallest absolute Gasteiger partial charge is 0.343 e. The van der Waals surface area contributed by atoms with Crippen molar-refractivity contribution in [2.45, 2.75) is 13.5 Å². The van der Waals surface area contributed by atoms with Gasteiger partial charge in [0.05, 0.1) is 30.9 Å². The summed E-state index contributed by atoms with van der Waals surface area (Å²) < 4.78 is 22.3. The summed E-state index contributed by atoms with van der Waals surface area (Å²) in [7, 11) is 1.60. The molecule has 0 saturated heterocycles. The van der Waals surface area contributed by atoms with Crippen LogP contribution in [0.2, 0.25) is 0 Å². The van der Waals surface area contributed by atoms with Gasteiger partial charge in [-0.15, -0.1) is 0 Å². The monoisotopic (exact) mass is 453 g/mol. The van der Waals surface area contributed by atoms with Crippen molar-refractivity contribution in [2.24, 2.45) is 0 Å². The predicted molar refractivity (Wildman–Crippen MR) is 128 cm³/mol. The molecule has 0 amide bonds. The van der Waals surface area contributed by atoms with Crippen LogP contribution in [0.5, 0.6) is 17.2 Å². The topological polar surface area (TPSA) is 77.8 Å². The number of hydrogen-bond acceptors (Lipinski definition) is 6. The Morgan fingerprint density at radius 1 is 1.00 bits per heavy atom. The lowest BCUT2D eigenvalue weighted by molar-refractivity contribution is -0.130. The number of methoxy groups -OCH3 is 1. The molecule has 0 N–H and O–H groups in total. The largest absolute Gasteiger partial charge is 0.497 e. The highest BCUT2D eigenvalue weighted by Crippen LogP contribution is 2.32. The molecule has 1 aliphatic heterocycles. The molecule has 1 heterocycles. The zero-order valence-electron chi connectivity index (χ0n) is 18.9. The zero-order valence-corrected chi connectivity index (χ0v) is 18.9. The molecule has 0 spiro atoms. The fraction of sp³-hybridized carbons (Fsp3) is 0.143. The van der Waals surface area contributed by atoms with Gasteiger partial charge in [-0.3, -0.25) is 0 Å². The van der Waals surface area contributed by atoms with Crippen LogP contribution in [0.15, 0.2) is 78.4 Å². The lowest BCUT2D eigenvalue weighted by Gasteiger charge is -2.13. The lowest BCUT2D eigenvalue weighted by Crippen LogP contribution is -2.01. The van der Waals surface area contributed by atoms with Gasteiger partial charge >= 0.3 is 5.97 Å². The molecule has 0 unspecified atom stereocenters. The first kappa shape index (κ1) is 22.7. The molecule has 1 aliphatic rings. The third-order valence-corrected chi connectivity index (χ3v) is 5.21. The average Bonchev–Trinajstić information content (AvgIpc) is 3.24. The highest BCUT2D eigenvalue weighted by molar-refractivity contribution is 6.05. The standard InChI is InChI=1S/C28H23NO5/c1-3-32-27-15-19(8-13-25(27)33-18-22-7-5-4-6-21(22)17-29)14-23-16-26(34-28(23)30)20-9-11-24(31-2)12-10-20/h4-16H,3,18H2,1-2H3/b23-14+. The number of cyclic esters (lactones) is 1. The number of carbonyl (C=O) groups is 1. The van der Waals surface area contributed by atoms with Crippen molar-refractivity contribution in [1.29, 1.82) is 5.26 Å². The maximum atomic E-state index is 12.4. The minimum Gasteiger partial charge on any atom is -0.497 e. The molecule has 0 saturated carbocycles. The SMILES string of the molecule is CCOc1cc(/C=C2\C=C(c3ccc(OC)cc3)OC2=O)ccc1OCc1ccccc1C#N. The summed E-state index contributed by atoms with van der Waals surface area (Å²) in [5, 5.41) is 9.28. The number of benzene rings is 3. The molecule has 0 radical (unpaired) electrons. The second-order valence-corrected chi connectivity index (χ2v) is 7.42. The van der Waals surface area contributed by atoms with E-state index in [1.165, 1.54) is 0 Å². The summed E-state index contributed by atoms with van der Waals surface area (Å²) in [6.07, 6.45) is 3.46. The summed E-state index contributed by atoms with van der Waals surface area (Å²) in [4.78, 5) is 12.4. The van der Waals surface area contributed by atoms with Crippen LogP contribution >= 0.6 is 0 Å². The van der Waals surface area contributed by atoms with Crippen LogP contribution in [0.25, 0.3) is 11.8 Å². The van der Waals surface area contributed by atoms with Crippen molar-refractivity contribution in [3.63, 3.8) is 0 Å². The van der Waals surface area contributed by atoms with Gasteiger partial charge in [-0.25, -0.2) is 4.79 Å². The van der Waals surface area contributed by atoms with E-state index < -0.39 is 5.97 Å². The summed E-state index contributed by atoms with van der Waals surface area (Å²) in [5.74, 6) is 1.90. The van der Waals surface area contributed by atoms with Crippen LogP contribution in [0.3, 0.4) is 0 Å². The van der Waals surface area contributed by atoms with Gasteiger partial charge in [0.15, 0.2) is 11.5 Å². The molecule has 0 aromatic heterocycles. The maximum absolute atomic E-state index is 12.4. The molecule has 4 rings (SSSR count). The molecular formula is C28H23NO5. The van der Waals surface area contributed by atoms with Crippen LogP contribution in [0.1, 0.15) is 29.2 Å². The van der Waals surface area contributed by atoms with Gasteiger partial charge in [0.25, 0.3) is 0 Å². The average molecular weight is 453 g/mol. The molecule has 0 atom stereocenters. The first-order valence-electron chi connectivity index (χ1n) is 10.8. The van der Waals surface area contributed by atoms with Gasteiger partial charge in [0, 0.05) is 11.1 Å². The van der Waals surface area contributed by atoms with Gasteiger partial charge in [0.1, 0.15) is 18.1 Å². The van der Waals surface area contributed by atoms with Crippen LogP contribution in [-0.2, 0) is 16.1 Å². The highest BCUT2D eigenvalue weighted by Gasteiger charge is 2.22. The Kier molecular flexibility index (Phi) is 6.95. The van der Waals surface area contributed by atoms with Crippen LogP contribution in [0.4, 0.5) is 0 Å². The molecule has 3 aromatic rings. The number of nitrogens with zero attached hydrogens (tertiary/aromatic N) is 1. The Morgan fingerprint density at radius 3 is 2.53 bits per heavy atom. The Hall–Kier alpha value is -4.50. The summed E-state index contributed by atoms with van der Waals surface area (Å²) in [6, 6.07) is 22.2. The molecular weight excluding hydrogens is 430 g/mol. The van der Waals surface area contributed by atoms with Gasteiger partial charge in [-0.2, -0.15) is 5.26 Å². The van der Waals surface area contributed by atoms with E-state index in [2.05, 4.69) is 6.07 Å². The molecule has 3 aromatic carbocycles. The maximum Gasteiger partial charge on any atom is 0.343 e. The zero-order chi connectivity index (χ0) is 23.9. The normalized spacial score (nSPS) is 13.7. The lowest BCUT2D eigenvalue weighted by atomic mass is 10.1. The van der Waals surface area contributed by atoms with Crippen LogP contribution in [0, 0.1) is 11.3 Å². The van der Waals surface area contributed by atoms with E-state index >= 15 is 0 Å². The number of nitriles is 1. The first-order chi connectivity index (χ1) is 16.6. The van der Waals surface area contributed by atoms with Crippen molar-refractivity contribution in [1.82, 2.24) is 0 Å². The van der Waals surface area contributed by atoms with E-state index in [1.807, 2.05) is 61.5 Å². The van der Waals surface area contributed by atoms with Gasteiger partial charge in [-0.05, 0) is 67.1 Å². The number of carbonyl (C=O) groups excluding carboxylic acids is 1. The number of rotatable bonds is 8. The van der Waals surface area contributed by atoms with E-state index in [4.69, 9.17) is 18.9 Å². The molecule has 170 valence electrons. The quantitative estimate of drug-likeness (QED) is 0.330. The van der Waals surface area contributed by atoms with Crippen molar-refractivity contribution in [3.05, 3.63) is 101 Å². The van der Waals surface area contributed by atoms with Crippen molar-refractivity contribution < 1.29 is 23.7 Å². The van der Waals surface area contributed by atoms with Crippen LogP contribution < -0.4 is 14.2 Å². The van der Waals surface area contributed by atoms with Gasteiger partial charge in [0.2, 0.25) is 0 Å². The molecule has 6 heteroatoms. The van der Waals surface area contributed by atoms with E-state index in [-0.39, 0.29) is 6.61 Å². The van der Waals surface area contributed by atoms with Gasteiger partial charge < -0.3 is 18.9 Å². The van der Waals surface area contributed by atoms with E-state index in [0.29, 0.717) is 35.0 Å². The first-order valence-corrected chi connectivity index (χ1v) is 10.8. The third-order valence-electron chi connectivity index (χ3n) is 5.21. The summed E-state index contributed by atoms with van der Waals surface area (Å²) in [5.41, 5.74) is 3.36. The minimum absolute atomic E-state index is 0.241. The molecule has 34 heavy (non-hydrogen) atoms. The molecule has 0 aliphatic carbocycles. The summed E-state index contributed by atoms with van der Waals surface area (Å²) >= 11 is 0. The number of esters is 1. The Morgan fingerprint density at radius 2 is 1.79 bits per heavy atom. The number of hydrogen-bond donors (Lipinski definition) is 0. The Labute approximate surface area is 198 Å². The van der Waals surface area contributed by atoms with Crippen LogP contribution in [-0.4, -0.2) is 19.7 Å². The fourth-order valence-corrected chi connectivity index (χ4v) is 3.48. The summed E-state index contributed by atoms with van der Waals surface area (Å²) in [6.45, 7) is 2.58. The second kappa shape index (κ2) is 10.4. The minimum atomic E-state index is -0.419. The molecule has 0 fully saturated rings. The highest BCUT2D eigenvalue weighted by atomic mass is 16.5. The van der Waals surface area contributed by atoms with Crippen molar-refractivity contribution in [3.8, 4) is 23.3 Å². The van der Waals surface area contributed by atoms with Crippen molar-refractivity contribution in [2.75, 3.05) is 13.7 Å². The Balaban J connectivity index is 1.56. The number of ether oxygens (including phenoxy) is 4.